The molecule has 0 amide bonds. The Balaban J connectivity index is 1.85. The van der Waals surface area contributed by atoms with Crippen LogP contribution in [0.1, 0.15) is 68.1 Å². The predicted octanol–water partition coefficient (Wildman–Crippen LogP) is 4.59. The van der Waals surface area contributed by atoms with Crippen molar-refractivity contribution >= 4 is 0 Å². The third kappa shape index (κ3) is 2.82. The minimum atomic E-state index is 0.505. The third-order valence-electron chi connectivity index (χ3n) is 4.58. The minimum Gasteiger partial charge on any atom is -0.493 e. The maximum atomic E-state index is 6.00. The van der Waals surface area contributed by atoms with Gasteiger partial charge in [0.15, 0.2) is 0 Å². The van der Waals surface area contributed by atoms with Gasteiger partial charge in [-0.25, -0.2) is 0 Å². The molecule has 0 saturated heterocycles. The summed E-state index contributed by atoms with van der Waals surface area (Å²) < 4.78 is 6.00. The number of rotatable bonds is 4. The van der Waals surface area contributed by atoms with E-state index in [1.54, 1.807) is 0 Å². The number of aromatic nitrogens is 2. The number of para-hydroxylation sites is 1. The molecule has 1 aromatic heterocycles. The van der Waals surface area contributed by atoms with Gasteiger partial charge >= 0.3 is 0 Å². The van der Waals surface area contributed by atoms with Gasteiger partial charge in [0.1, 0.15) is 5.75 Å². The number of benzene rings is 1. The van der Waals surface area contributed by atoms with Crippen LogP contribution in [0.15, 0.2) is 30.6 Å². The Morgan fingerprint density at radius 2 is 2.19 bits per heavy atom. The van der Waals surface area contributed by atoms with E-state index in [1.807, 2.05) is 12.4 Å². The van der Waals surface area contributed by atoms with Crippen molar-refractivity contribution in [2.75, 3.05) is 6.61 Å². The lowest BCUT2D eigenvalue weighted by Crippen LogP contribution is -2.17. The van der Waals surface area contributed by atoms with Gasteiger partial charge in [-0.3, -0.25) is 5.10 Å². The molecular weight excluding hydrogens is 260 g/mol. The van der Waals surface area contributed by atoms with Crippen molar-refractivity contribution in [2.24, 2.45) is 0 Å². The smallest absolute Gasteiger partial charge is 0.126 e. The molecular formula is C18H24N2O. The topological polar surface area (TPSA) is 37.9 Å². The van der Waals surface area contributed by atoms with Gasteiger partial charge in [-0.1, -0.05) is 39.0 Å². The Labute approximate surface area is 126 Å². The largest absolute Gasteiger partial charge is 0.493 e. The van der Waals surface area contributed by atoms with Crippen LogP contribution in [-0.2, 0) is 0 Å². The lowest BCUT2D eigenvalue weighted by Gasteiger charge is -2.30. The Bertz CT molecular complexity index is 589. The van der Waals surface area contributed by atoms with Crippen LogP contribution in [0.2, 0.25) is 0 Å². The molecule has 0 saturated carbocycles. The number of nitrogens with zero attached hydrogens (tertiary/aromatic N) is 1. The zero-order valence-corrected chi connectivity index (χ0v) is 13.1. The number of H-pyrrole nitrogens is 1. The van der Waals surface area contributed by atoms with Crippen LogP contribution >= 0.6 is 0 Å². The Morgan fingerprint density at radius 3 is 2.90 bits per heavy atom. The van der Waals surface area contributed by atoms with Gasteiger partial charge in [0, 0.05) is 6.20 Å². The third-order valence-corrected chi connectivity index (χ3v) is 4.58. The van der Waals surface area contributed by atoms with Gasteiger partial charge < -0.3 is 4.74 Å². The Hall–Kier alpha value is -1.77. The van der Waals surface area contributed by atoms with Crippen molar-refractivity contribution in [1.29, 1.82) is 0 Å². The summed E-state index contributed by atoms with van der Waals surface area (Å²) in [6.07, 6.45) is 6.21. The monoisotopic (exact) mass is 284 g/mol. The molecule has 1 aliphatic rings. The van der Waals surface area contributed by atoms with Crippen LogP contribution in [0.5, 0.6) is 5.75 Å². The highest BCUT2D eigenvalue weighted by Crippen LogP contribution is 2.42. The van der Waals surface area contributed by atoms with E-state index in [-0.39, 0.29) is 0 Å². The second-order valence-corrected chi connectivity index (χ2v) is 6.42. The van der Waals surface area contributed by atoms with E-state index in [1.165, 1.54) is 16.7 Å². The van der Waals surface area contributed by atoms with Crippen molar-refractivity contribution in [1.82, 2.24) is 10.2 Å². The number of ether oxygens (including phenoxy) is 1. The SMILES string of the molecule is CC(C)c1cccc2c1OCCC2CC(C)c1cn[nH]c1. The molecule has 2 heterocycles. The van der Waals surface area contributed by atoms with Crippen molar-refractivity contribution < 1.29 is 4.74 Å². The number of hydrogen-bond donors (Lipinski definition) is 1. The molecule has 0 radical (unpaired) electrons. The van der Waals surface area contributed by atoms with E-state index < -0.39 is 0 Å². The molecule has 2 atom stereocenters. The maximum absolute atomic E-state index is 6.00. The summed E-state index contributed by atoms with van der Waals surface area (Å²) in [4.78, 5) is 0. The van der Waals surface area contributed by atoms with Gasteiger partial charge in [-0.05, 0) is 47.3 Å². The van der Waals surface area contributed by atoms with Crippen molar-refractivity contribution in [3.8, 4) is 5.75 Å². The van der Waals surface area contributed by atoms with Crippen molar-refractivity contribution in [3.63, 3.8) is 0 Å². The van der Waals surface area contributed by atoms with Crippen molar-refractivity contribution in [3.05, 3.63) is 47.3 Å². The predicted molar refractivity (Wildman–Crippen MR) is 85.0 cm³/mol. The highest BCUT2D eigenvalue weighted by molar-refractivity contribution is 5.46. The van der Waals surface area contributed by atoms with Gasteiger partial charge in [0.2, 0.25) is 0 Å². The lowest BCUT2D eigenvalue weighted by atomic mass is 9.82. The molecule has 1 N–H and O–H groups in total. The number of nitrogens with one attached hydrogen (secondary N) is 1. The summed E-state index contributed by atoms with van der Waals surface area (Å²) >= 11 is 0. The fourth-order valence-corrected chi connectivity index (χ4v) is 3.31. The average Bonchev–Trinajstić information content (AvgIpc) is 3.01. The molecule has 0 bridgehead atoms. The Morgan fingerprint density at radius 1 is 1.33 bits per heavy atom. The van der Waals surface area contributed by atoms with E-state index in [2.05, 4.69) is 49.2 Å². The van der Waals surface area contributed by atoms with Crippen LogP contribution in [0.3, 0.4) is 0 Å². The molecule has 3 rings (SSSR count). The van der Waals surface area contributed by atoms with E-state index in [0.717, 1.165) is 25.2 Å². The fraction of sp³-hybridized carbons (Fsp3) is 0.500. The number of fused-ring (bicyclic) bond motifs is 1. The normalized spacial score (nSPS) is 19.1. The summed E-state index contributed by atoms with van der Waals surface area (Å²) in [7, 11) is 0. The summed E-state index contributed by atoms with van der Waals surface area (Å²) in [5, 5.41) is 6.98. The fourth-order valence-electron chi connectivity index (χ4n) is 3.31. The van der Waals surface area contributed by atoms with Gasteiger partial charge in [0.05, 0.1) is 12.8 Å². The first-order chi connectivity index (χ1) is 10.2. The molecule has 1 aromatic carbocycles. The zero-order chi connectivity index (χ0) is 14.8. The quantitative estimate of drug-likeness (QED) is 0.891. The number of aromatic amines is 1. The summed E-state index contributed by atoms with van der Waals surface area (Å²) in [5.41, 5.74) is 4.03. The first-order valence-corrected chi connectivity index (χ1v) is 7.91. The minimum absolute atomic E-state index is 0.505. The van der Waals surface area contributed by atoms with Crippen LogP contribution in [0, 0.1) is 0 Å². The summed E-state index contributed by atoms with van der Waals surface area (Å²) in [6.45, 7) is 7.58. The first kappa shape index (κ1) is 14.2. The zero-order valence-electron chi connectivity index (χ0n) is 13.1. The molecule has 0 fully saturated rings. The van der Waals surface area contributed by atoms with E-state index >= 15 is 0 Å². The highest BCUT2D eigenvalue weighted by atomic mass is 16.5. The van der Waals surface area contributed by atoms with Crippen molar-refractivity contribution in [2.45, 2.75) is 51.4 Å². The van der Waals surface area contributed by atoms with E-state index in [0.29, 0.717) is 17.8 Å². The first-order valence-electron chi connectivity index (χ1n) is 7.91. The van der Waals surface area contributed by atoms with Gasteiger partial charge in [0.25, 0.3) is 0 Å². The molecule has 1 aliphatic heterocycles. The van der Waals surface area contributed by atoms with Gasteiger partial charge in [-0.2, -0.15) is 5.10 Å². The van der Waals surface area contributed by atoms with Crippen LogP contribution in [-0.4, -0.2) is 16.8 Å². The standard InChI is InChI=1S/C18H24N2O/c1-12(2)16-5-4-6-17-14(7-8-21-18(16)17)9-13(3)15-10-19-20-11-15/h4-6,10-14H,7-9H2,1-3H3,(H,19,20). The molecule has 3 heteroatoms. The summed E-state index contributed by atoms with van der Waals surface area (Å²) in [6, 6.07) is 6.62. The second-order valence-electron chi connectivity index (χ2n) is 6.42. The average molecular weight is 284 g/mol. The molecule has 3 nitrogen and oxygen atoms in total. The molecule has 2 aromatic rings. The van der Waals surface area contributed by atoms with E-state index in [9.17, 15) is 0 Å². The van der Waals surface area contributed by atoms with E-state index in [4.69, 9.17) is 4.74 Å². The molecule has 0 aliphatic carbocycles. The highest BCUT2D eigenvalue weighted by Gasteiger charge is 2.26. The molecule has 2 unspecified atom stereocenters. The molecule has 112 valence electrons. The maximum Gasteiger partial charge on any atom is 0.126 e. The van der Waals surface area contributed by atoms with Crippen LogP contribution in [0.4, 0.5) is 0 Å². The lowest BCUT2D eigenvalue weighted by molar-refractivity contribution is 0.256. The van der Waals surface area contributed by atoms with Crippen LogP contribution in [0.25, 0.3) is 0 Å². The van der Waals surface area contributed by atoms with Gasteiger partial charge in [-0.15, -0.1) is 0 Å². The second kappa shape index (κ2) is 5.92. The Kier molecular flexibility index (Phi) is 4.00. The summed E-state index contributed by atoms with van der Waals surface area (Å²) in [5.74, 6) is 2.74. The van der Waals surface area contributed by atoms with Crippen LogP contribution < -0.4 is 4.74 Å². The molecule has 0 spiro atoms. The molecule has 21 heavy (non-hydrogen) atoms. The number of hydrogen-bond acceptors (Lipinski definition) is 2.